The zero-order valence-corrected chi connectivity index (χ0v) is 35.0. The number of hydrogen-bond acceptors (Lipinski definition) is 8. The number of carboxylic acids is 1. The predicted molar refractivity (Wildman–Crippen MR) is 232 cm³/mol. The number of benzene rings is 6. The van der Waals surface area contributed by atoms with Gasteiger partial charge in [-0.3, -0.25) is 9.59 Å². The van der Waals surface area contributed by atoms with Gasteiger partial charge in [0.25, 0.3) is 5.91 Å². The SMILES string of the molecule is N#Cc1ccc(-c2ccc(C[C@H](NC(=O)C3Cc4cc5c(cc4CN3S(=O)(=O)c3ccccc3)OC(c3ccc(OCc4ccc(Cl)c(Cl)c4)cc3)C(=O)N5)C(=O)O)cc2)cc1. The number of halogens is 2. The Balaban J connectivity index is 1.01. The molecule has 0 aromatic heterocycles. The van der Waals surface area contributed by atoms with Crippen LogP contribution in [0, 0.1) is 11.3 Å². The van der Waals surface area contributed by atoms with Crippen LogP contribution in [0.4, 0.5) is 5.69 Å². The van der Waals surface area contributed by atoms with Crippen molar-refractivity contribution >= 4 is 56.7 Å². The van der Waals surface area contributed by atoms with E-state index in [1.165, 1.54) is 12.1 Å². The molecule has 0 radical (unpaired) electrons. The van der Waals surface area contributed by atoms with Crippen molar-refractivity contribution in [1.29, 1.82) is 5.26 Å². The topological polar surface area (TPSA) is 175 Å². The summed E-state index contributed by atoms with van der Waals surface area (Å²) in [5.74, 6) is -1.66. The van der Waals surface area contributed by atoms with Gasteiger partial charge in [0, 0.05) is 18.5 Å². The van der Waals surface area contributed by atoms with Crippen molar-refractivity contribution in [2.75, 3.05) is 5.32 Å². The molecule has 0 saturated heterocycles. The van der Waals surface area contributed by atoms with E-state index in [2.05, 4.69) is 16.7 Å². The third kappa shape index (κ3) is 9.00. The molecule has 0 bridgehead atoms. The van der Waals surface area contributed by atoms with Crippen LogP contribution in [0.2, 0.25) is 10.0 Å². The normalized spacial score (nSPS) is 16.4. The fourth-order valence-electron chi connectivity index (χ4n) is 7.40. The number of nitriles is 1. The molecule has 0 aliphatic carbocycles. The predicted octanol–water partition coefficient (Wildman–Crippen LogP) is 8.11. The minimum absolute atomic E-state index is 0.0377. The first-order valence-electron chi connectivity index (χ1n) is 19.4. The van der Waals surface area contributed by atoms with Crippen LogP contribution >= 0.6 is 23.2 Å². The summed E-state index contributed by atoms with van der Waals surface area (Å²) in [6.45, 7) is 0.00536. The first-order chi connectivity index (χ1) is 29.9. The first-order valence-corrected chi connectivity index (χ1v) is 21.6. The van der Waals surface area contributed by atoms with Crippen molar-refractivity contribution in [3.05, 3.63) is 177 Å². The Kier molecular flexibility index (Phi) is 12.0. The van der Waals surface area contributed by atoms with Crippen LogP contribution < -0.4 is 20.1 Å². The van der Waals surface area contributed by atoms with Crippen molar-refractivity contribution in [3.8, 4) is 28.7 Å². The summed E-state index contributed by atoms with van der Waals surface area (Å²) in [7, 11) is -4.29. The van der Waals surface area contributed by atoms with Crippen LogP contribution in [0.15, 0.2) is 138 Å². The second kappa shape index (κ2) is 17.7. The fourth-order valence-corrected chi connectivity index (χ4v) is 9.31. The molecule has 2 aliphatic rings. The van der Waals surface area contributed by atoms with E-state index in [4.69, 9.17) is 37.9 Å². The van der Waals surface area contributed by atoms with Crippen LogP contribution in [0.25, 0.3) is 11.1 Å². The number of ether oxygens (including phenoxy) is 2. The van der Waals surface area contributed by atoms with E-state index in [1.807, 2.05) is 30.3 Å². The highest BCUT2D eigenvalue weighted by Crippen LogP contribution is 2.41. The van der Waals surface area contributed by atoms with E-state index in [0.29, 0.717) is 55.0 Å². The molecule has 312 valence electrons. The average Bonchev–Trinajstić information content (AvgIpc) is 3.28. The lowest BCUT2D eigenvalue weighted by atomic mass is 9.93. The zero-order valence-electron chi connectivity index (χ0n) is 32.6. The summed E-state index contributed by atoms with van der Waals surface area (Å²) in [5.41, 5.74) is 5.73. The van der Waals surface area contributed by atoms with E-state index in [-0.39, 0.29) is 30.9 Å². The van der Waals surface area contributed by atoms with E-state index < -0.39 is 46.0 Å². The minimum atomic E-state index is -4.29. The highest BCUT2D eigenvalue weighted by Gasteiger charge is 2.42. The van der Waals surface area contributed by atoms with Crippen LogP contribution in [0.1, 0.15) is 39.5 Å². The molecule has 62 heavy (non-hydrogen) atoms. The largest absolute Gasteiger partial charge is 0.489 e. The lowest BCUT2D eigenvalue weighted by Gasteiger charge is -2.36. The van der Waals surface area contributed by atoms with Crippen LogP contribution in [0.5, 0.6) is 11.5 Å². The van der Waals surface area contributed by atoms with Gasteiger partial charge in [0.15, 0.2) is 0 Å². The average molecular weight is 888 g/mol. The Bertz CT molecular complexity index is 2840. The van der Waals surface area contributed by atoms with Crippen molar-refractivity contribution in [1.82, 2.24) is 9.62 Å². The number of aliphatic carboxylic acids is 1. The van der Waals surface area contributed by atoms with Gasteiger partial charge < -0.3 is 25.2 Å². The molecule has 15 heteroatoms. The van der Waals surface area contributed by atoms with Crippen molar-refractivity contribution in [2.45, 2.75) is 49.1 Å². The number of carboxylic acid groups (broad SMARTS) is 1. The molecular formula is C47H36Cl2N4O8S. The van der Waals surface area contributed by atoms with Gasteiger partial charge in [0.05, 0.1) is 32.3 Å². The van der Waals surface area contributed by atoms with Crippen molar-refractivity contribution in [2.24, 2.45) is 0 Å². The number of amides is 2. The Morgan fingerprint density at radius 3 is 2.21 bits per heavy atom. The molecule has 3 atom stereocenters. The third-order valence-electron chi connectivity index (χ3n) is 10.7. The summed E-state index contributed by atoms with van der Waals surface area (Å²) in [6.07, 6.45) is -1.22. The lowest BCUT2D eigenvalue weighted by Crippen LogP contribution is -2.55. The number of rotatable bonds is 12. The minimum Gasteiger partial charge on any atom is -0.489 e. The van der Waals surface area contributed by atoms with Gasteiger partial charge in [-0.25, -0.2) is 13.2 Å². The van der Waals surface area contributed by atoms with Gasteiger partial charge in [-0.05, 0) is 100 Å². The van der Waals surface area contributed by atoms with Gasteiger partial charge >= 0.3 is 5.97 Å². The van der Waals surface area contributed by atoms with Crippen LogP contribution in [-0.2, 0) is 50.4 Å². The number of hydrogen-bond donors (Lipinski definition) is 3. The Labute approximate surface area is 367 Å². The lowest BCUT2D eigenvalue weighted by molar-refractivity contribution is -0.142. The van der Waals surface area contributed by atoms with Crippen molar-refractivity contribution in [3.63, 3.8) is 0 Å². The van der Waals surface area contributed by atoms with E-state index >= 15 is 0 Å². The number of anilines is 1. The molecule has 2 amide bonds. The highest BCUT2D eigenvalue weighted by molar-refractivity contribution is 7.89. The number of carbonyl (C=O) groups excluding carboxylic acids is 2. The van der Waals surface area contributed by atoms with Gasteiger partial charge in [-0.15, -0.1) is 0 Å². The molecule has 8 rings (SSSR count). The molecule has 0 spiro atoms. The second-order valence-electron chi connectivity index (χ2n) is 14.8. The monoisotopic (exact) mass is 886 g/mol. The standard InChI is InChI=1S/C47H36Cl2N4O8S/c48-38-19-10-30(20-39(38)49)27-60-36-17-15-33(16-18-36)44-46(55)51-40-22-34-23-42(53(26-35(34)24-43(40)61-44)62(58,59)37-4-2-1-3-5-37)45(54)52-41(47(56)57)21-28-6-11-31(12-7-28)32-13-8-29(25-50)9-14-32/h1-20,22,24,41-42,44H,21,23,26-27H2,(H,51,55)(H,52,54)(H,56,57)/t41-,42?,44?/m0/s1. The molecule has 0 fully saturated rings. The zero-order chi connectivity index (χ0) is 43.5. The maximum atomic E-state index is 14.3. The third-order valence-corrected chi connectivity index (χ3v) is 13.3. The van der Waals surface area contributed by atoms with Crippen LogP contribution in [-0.4, -0.2) is 47.7 Å². The Morgan fingerprint density at radius 2 is 1.55 bits per heavy atom. The summed E-state index contributed by atoms with van der Waals surface area (Å²) in [6, 6.07) is 36.7. The summed E-state index contributed by atoms with van der Waals surface area (Å²) >= 11 is 12.1. The second-order valence-corrected chi connectivity index (χ2v) is 17.5. The molecule has 12 nitrogen and oxygen atoms in total. The maximum absolute atomic E-state index is 14.3. The van der Waals surface area contributed by atoms with E-state index in [1.54, 1.807) is 91.0 Å². The van der Waals surface area contributed by atoms with Gasteiger partial charge in [-0.2, -0.15) is 9.57 Å². The molecule has 2 aliphatic heterocycles. The smallest absolute Gasteiger partial charge is 0.326 e. The van der Waals surface area contributed by atoms with Gasteiger partial charge in [0.2, 0.25) is 22.0 Å². The number of nitrogens with one attached hydrogen (secondary N) is 2. The molecule has 2 unspecified atom stereocenters. The van der Waals surface area contributed by atoms with E-state index in [0.717, 1.165) is 21.0 Å². The summed E-state index contributed by atoms with van der Waals surface area (Å²) in [4.78, 5) is 40.1. The molecule has 0 saturated carbocycles. The maximum Gasteiger partial charge on any atom is 0.326 e. The Hall–Kier alpha value is -6.69. The van der Waals surface area contributed by atoms with Crippen LogP contribution in [0.3, 0.4) is 0 Å². The summed E-state index contributed by atoms with van der Waals surface area (Å²) in [5, 5.41) is 25.7. The Morgan fingerprint density at radius 1 is 0.871 bits per heavy atom. The van der Waals surface area contributed by atoms with Gasteiger partial charge in [0.1, 0.15) is 30.2 Å². The molecule has 6 aromatic carbocycles. The molecule has 2 heterocycles. The van der Waals surface area contributed by atoms with Crippen molar-refractivity contribution < 1.29 is 37.4 Å². The number of carbonyl (C=O) groups is 3. The summed E-state index contributed by atoms with van der Waals surface area (Å²) < 4.78 is 41.7. The van der Waals surface area contributed by atoms with E-state index in [9.17, 15) is 27.9 Å². The quantitative estimate of drug-likeness (QED) is 0.110. The number of sulfonamides is 1. The highest BCUT2D eigenvalue weighted by atomic mass is 35.5. The molecule has 3 N–H and O–H groups in total. The van der Waals surface area contributed by atoms with Gasteiger partial charge in [-0.1, -0.05) is 96.0 Å². The number of fused-ring (bicyclic) bond motifs is 2. The number of nitrogens with zero attached hydrogens (tertiary/aromatic N) is 2. The first kappa shape index (κ1) is 42.0. The molecule has 6 aromatic rings. The molecular weight excluding hydrogens is 852 g/mol. The fraction of sp³-hybridized carbons (Fsp3) is 0.149.